The van der Waals surface area contributed by atoms with E-state index in [0.717, 1.165) is 12.3 Å². The molecule has 0 saturated heterocycles. The molecule has 4 nitrogen and oxygen atoms in total. The summed E-state index contributed by atoms with van der Waals surface area (Å²) in [7, 11) is 0. The zero-order valence-corrected chi connectivity index (χ0v) is 10.3. The highest BCUT2D eigenvalue weighted by Gasteiger charge is 2.23. The molecule has 4 heteroatoms. The molecule has 0 radical (unpaired) electrons. The van der Waals surface area contributed by atoms with Gasteiger partial charge in [0.05, 0.1) is 0 Å². The summed E-state index contributed by atoms with van der Waals surface area (Å²) in [6, 6.07) is 0. The Labute approximate surface area is 96.7 Å². The van der Waals surface area contributed by atoms with E-state index in [4.69, 9.17) is 4.74 Å². The molecule has 1 fully saturated rings. The van der Waals surface area contributed by atoms with Gasteiger partial charge in [-0.1, -0.05) is 19.3 Å². The van der Waals surface area contributed by atoms with Crippen molar-refractivity contribution in [1.29, 1.82) is 0 Å². The van der Waals surface area contributed by atoms with E-state index in [2.05, 4.69) is 5.32 Å². The standard InChI is InChI=1S/C12H21NO3/c1-12(2,3)16-11(15)10(14)13-8-7-9-5-4-6-9/h9H,4-8H2,1-3H3,(H,13,14). The topological polar surface area (TPSA) is 55.4 Å². The summed E-state index contributed by atoms with van der Waals surface area (Å²) in [5.41, 5.74) is -0.609. The van der Waals surface area contributed by atoms with Crippen molar-refractivity contribution in [3.8, 4) is 0 Å². The number of ether oxygens (including phenoxy) is 1. The van der Waals surface area contributed by atoms with Gasteiger partial charge in [-0.15, -0.1) is 0 Å². The van der Waals surface area contributed by atoms with Crippen LogP contribution in [0, 0.1) is 5.92 Å². The highest BCUT2D eigenvalue weighted by atomic mass is 16.6. The summed E-state index contributed by atoms with van der Waals surface area (Å²) in [4.78, 5) is 22.6. The second kappa shape index (κ2) is 5.32. The Morgan fingerprint density at radius 3 is 2.38 bits per heavy atom. The van der Waals surface area contributed by atoms with Gasteiger partial charge in [0.25, 0.3) is 0 Å². The molecule has 0 atom stereocenters. The second-order valence-corrected chi connectivity index (χ2v) is 5.34. The molecular weight excluding hydrogens is 206 g/mol. The first-order valence-corrected chi connectivity index (χ1v) is 5.89. The van der Waals surface area contributed by atoms with Gasteiger partial charge in [0, 0.05) is 6.54 Å². The van der Waals surface area contributed by atoms with E-state index in [1.807, 2.05) is 0 Å². The number of esters is 1. The molecule has 0 aromatic rings. The maximum atomic E-state index is 11.3. The summed E-state index contributed by atoms with van der Waals surface area (Å²) < 4.78 is 4.95. The van der Waals surface area contributed by atoms with Gasteiger partial charge in [0.2, 0.25) is 0 Å². The molecule has 1 aliphatic carbocycles. The number of rotatable bonds is 3. The Bertz CT molecular complexity index is 264. The molecule has 1 saturated carbocycles. The zero-order chi connectivity index (χ0) is 12.2. The van der Waals surface area contributed by atoms with Crippen LogP contribution in [0.1, 0.15) is 46.5 Å². The molecule has 0 heterocycles. The van der Waals surface area contributed by atoms with Crippen molar-refractivity contribution in [3.05, 3.63) is 0 Å². The van der Waals surface area contributed by atoms with Crippen molar-refractivity contribution in [3.63, 3.8) is 0 Å². The van der Waals surface area contributed by atoms with Gasteiger partial charge in [-0.25, -0.2) is 4.79 Å². The van der Waals surface area contributed by atoms with Crippen molar-refractivity contribution in [1.82, 2.24) is 5.32 Å². The van der Waals surface area contributed by atoms with Crippen LogP contribution in [0.2, 0.25) is 0 Å². The fourth-order valence-corrected chi connectivity index (χ4v) is 1.57. The van der Waals surface area contributed by atoms with Gasteiger partial charge in [-0.2, -0.15) is 0 Å². The van der Waals surface area contributed by atoms with E-state index in [1.54, 1.807) is 20.8 Å². The van der Waals surface area contributed by atoms with Crippen molar-refractivity contribution < 1.29 is 14.3 Å². The fourth-order valence-electron chi connectivity index (χ4n) is 1.57. The molecule has 1 amide bonds. The first-order chi connectivity index (χ1) is 7.38. The third kappa shape index (κ3) is 4.64. The molecule has 0 unspecified atom stereocenters. The van der Waals surface area contributed by atoms with E-state index in [-0.39, 0.29) is 0 Å². The average Bonchev–Trinajstić information content (AvgIpc) is 2.05. The number of carbonyl (C=O) groups excluding carboxylic acids is 2. The summed E-state index contributed by atoms with van der Waals surface area (Å²) in [6.45, 7) is 5.80. The molecule has 0 aromatic heterocycles. The van der Waals surface area contributed by atoms with Crippen LogP contribution in [0.5, 0.6) is 0 Å². The molecular formula is C12H21NO3. The molecule has 0 aliphatic heterocycles. The lowest BCUT2D eigenvalue weighted by molar-refractivity contribution is -0.163. The Kier molecular flexibility index (Phi) is 4.33. The molecule has 0 spiro atoms. The van der Waals surface area contributed by atoms with Crippen LogP contribution in [0.25, 0.3) is 0 Å². The minimum Gasteiger partial charge on any atom is -0.453 e. The Morgan fingerprint density at radius 2 is 1.94 bits per heavy atom. The maximum Gasteiger partial charge on any atom is 0.397 e. The van der Waals surface area contributed by atoms with E-state index in [0.29, 0.717) is 6.54 Å². The number of carbonyl (C=O) groups is 2. The van der Waals surface area contributed by atoms with Crippen molar-refractivity contribution in [2.75, 3.05) is 6.54 Å². The van der Waals surface area contributed by atoms with Gasteiger partial charge in [0.1, 0.15) is 5.60 Å². The van der Waals surface area contributed by atoms with Crippen LogP contribution < -0.4 is 5.32 Å². The predicted molar refractivity (Wildman–Crippen MR) is 60.8 cm³/mol. The smallest absolute Gasteiger partial charge is 0.397 e. The predicted octanol–water partition coefficient (Wildman–Crippen LogP) is 1.63. The lowest BCUT2D eigenvalue weighted by Gasteiger charge is -2.25. The third-order valence-electron chi connectivity index (χ3n) is 2.65. The first-order valence-electron chi connectivity index (χ1n) is 5.89. The molecule has 0 aromatic carbocycles. The van der Waals surface area contributed by atoms with Crippen LogP contribution in [0.15, 0.2) is 0 Å². The van der Waals surface area contributed by atoms with E-state index in [1.165, 1.54) is 19.3 Å². The quantitative estimate of drug-likeness (QED) is 0.589. The summed E-state index contributed by atoms with van der Waals surface area (Å²) in [6.07, 6.45) is 4.77. The lowest BCUT2D eigenvalue weighted by Crippen LogP contribution is -2.38. The van der Waals surface area contributed by atoms with Crippen LogP contribution >= 0.6 is 0 Å². The SMILES string of the molecule is CC(C)(C)OC(=O)C(=O)NCCC1CCC1. The summed E-state index contributed by atoms with van der Waals surface area (Å²) in [5.74, 6) is -0.686. The summed E-state index contributed by atoms with van der Waals surface area (Å²) >= 11 is 0. The minimum atomic E-state index is -0.791. The monoisotopic (exact) mass is 227 g/mol. The normalized spacial score (nSPS) is 16.4. The highest BCUT2D eigenvalue weighted by Crippen LogP contribution is 2.28. The van der Waals surface area contributed by atoms with Gasteiger partial charge < -0.3 is 10.1 Å². The maximum absolute atomic E-state index is 11.3. The van der Waals surface area contributed by atoms with E-state index < -0.39 is 17.5 Å². The second-order valence-electron chi connectivity index (χ2n) is 5.34. The van der Waals surface area contributed by atoms with Crippen LogP contribution in [0.4, 0.5) is 0 Å². The van der Waals surface area contributed by atoms with E-state index >= 15 is 0 Å². The number of amides is 1. The van der Waals surface area contributed by atoms with Gasteiger partial charge >= 0.3 is 11.9 Å². The van der Waals surface area contributed by atoms with Gasteiger partial charge in [-0.05, 0) is 33.1 Å². The average molecular weight is 227 g/mol. The zero-order valence-electron chi connectivity index (χ0n) is 10.3. The van der Waals surface area contributed by atoms with Gasteiger partial charge in [0.15, 0.2) is 0 Å². The van der Waals surface area contributed by atoms with Gasteiger partial charge in [-0.3, -0.25) is 4.79 Å². The highest BCUT2D eigenvalue weighted by molar-refractivity contribution is 6.32. The van der Waals surface area contributed by atoms with Crippen molar-refractivity contribution in [2.45, 2.75) is 52.1 Å². The largest absolute Gasteiger partial charge is 0.453 e. The lowest BCUT2D eigenvalue weighted by atomic mass is 9.83. The minimum absolute atomic E-state index is 0.572. The first kappa shape index (κ1) is 13.0. The number of hydrogen-bond donors (Lipinski definition) is 1. The molecule has 16 heavy (non-hydrogen) atoms. The van der Waals surface area contributed by atoms with Crippen LogP contribution in [0.3, 0.4) is 0 Å². The summed E-state index contributed by atoms with van der Waals surface area (Å²) in [5, 5.41) is 2.59. The molecule has 92 valence electrons. The van der Waals surface area contributed by atoms with Crippen molar-refractivity contribution in [2.24, 2.45) is 5.92 Å². The Hall–Kier alpha value is -1.06. The number of hydrogen-bond acceptors (Lipinski definition) is 3. The Morgan fingerprint density at radius 1 is 1.31 bits per heavy atom. The van der Waals surface area contributed by atoms with Crippen molar-refractivity contribution >= 4 is 11.9 Å². The fraction of sp³-hybridized carbons (Fsp3) is 0.833. The molecule has 1 aliphatic rings. The Balaban J connectivity index is 2.15. The number of nitrogens with one attached hydrogen (secondary N) is 1. The third-order valence-corrected chi connectivity index (χ3v) is 2.65. The molecule has 1 rings (SSSR count). The van der Waals surface area contributed by atoms with Crippen LogP contribution in [-0.4, -0.2) is 24.0 Å². The molecule has 1 N–H and O–H groups in total. The van der Waals surface area contributed by atoms with Crippen LogP contribution in [-0.2, 0) is 14.3 Å². The van der Waals surface area contributed by atoms with E-state index in [9.17, 15) is 9.59 Å². The molecule has 0 bridgehead atoms.